The van der Waals surface area contributed by atoms with Crippen molar-refractivity contribution in [1.29, 1.82) is 0 Å². The number of amides is 2. The largest absolute Gasteiger partial charge is 0.455 e. The van der Waals surface area contributed by atoms with Crippen molar-refractivity contribution in [3.05, 3.63) is 54.1 Å². The number of rotatable bonds is 8. The van der Waals surface area contributed by atoms with E-state index in [0.717, 1.165) is 17.7 Å². The lowest BCUT2D eigenvalue weighted by Crippen LogP contribution is -2.30. The summed E-state index contributed by atoms with van der Waals surface area (Å²) in [4.78, 5) is 12.0. The maximum atomic E-state index is 12.0. The highest BCUT2D eigenvalue weighted by Crippen LogP contribution is 2.29. The Morgan fingerprint density at radius 2 is 1.92 bits per heavy atom. The van der Waals surface area contributed by atoms with Gasteiger partial charge in [-0.1, -0.05) is 24.3 Å². The minimum Gasteiger partial charge on any atom is -0.455 e. The van der Waals surface area contributed by atoms with E-state index in [0.29, 0.717) is 24.6 Å². The van der Waals surface area contributed by atoms with E-state index < -0.39 is 0 Å². The van der Waals surface area contributed by atoms with Crippen LogP contribution < -0.4 is 15.4 Å². The lowest BCUT2D eigenvalue weighted by molar-refractivity contribution is 0.0775. The number of hydrogen-bond donors (Lipinski definition) is 2. The first kappa shape index (κ1) is 18.8. The van der Waals surface area contributed by atoms with Crippen molar-refractivity contribution in [2.75, 3.05) is 18.5 Å². The number of carbonyl (C=O) groups excluding carboxylic acids is 1. The molecule has 0 saturated heterocycles. The molecule has 0 bridgehead atoms. The van der Waals surface area contributed by atoms with Gasteiger partial charge in [-0.15, -0.1) is 0 Å². The van der Waals surface area contributed by atoms with E-state index in [1.807, 2.05) is 69.3 Å². The monoisotopic (exact) mass is 342 g/mol. The first-order valence-electron chi connectivity index (χ1n) is 8.54. The lowest BCUT2D eigenvalue weighted by atomic mass is 10.2. The van der Waals surface area contributed by atoms with Crippen molar-refractivity contribution in [1.82, 2.24) is 5.32 Å². The van der Waals surface area contributed by atoms with Gasteiger partial charge in [0.15, 0.2) is 5.75 Å². The van der Waals surface area contributed by atoms with Gasteiger partial charge in [0, 0.05) is 13.2 Å². The molecule has 2 aromatic rings. The van der Waals surface area contributed by atoms with Crippen LogP contribution in [0.3, 0.4) is 0 Å². The molecule has 0 fully saturated rings. The summed E-state index contributed by atoms with van der Waals surface area (Å²) >= 11 is 0. The summed E-state index contributed by atoms with van der Waals surface area (Å²) in [6.07, 6.45) is 0.979. The molecular formula is C20H26N2O3. The van der Waals surface area contributed by atoms with Gasteiger partial charge in [-0.3, -0.25) is 0 Å². The van der Waals surface area contributed by atoms with Gasteiger partial charge in [0.1, 0.15) is 5.75 Å². The van der Waals surface area contributed by atoms with Crippen molar-refractivity contribution in [3.63, 3.8) is 0 Å². The Kier molecular flexibility index (Phi) is 7.29. The molecule has 0 radical (unpaired) electrons. The minimum absolute atomic E-state index is 0.208. The van der Waals surface area contributed by atoms with Gasteiger partial charge in [0.2, 0.25) is 0 Å². The number of hydrogen-bond acceptors (Lipinski definition) is 3. The molecule has 25 heavy (non-hydrogen) atoms. The van der Waals surface area contributed by atoms with Crippen molar-refractivity contribution < 1.29 is 14.3 Å². The average Bonchev–Trinajstić information content (AvgIpc) is 2.56. The Bertz CT molecular complexity index is 686. The van der Waals surface area contributed by atoms with Gasteiger partial charge >= 0.3 is 6.03 Å². The molecule has 2 aromatic carbocycles. The quantitative estimate of drug-likeness (QED) is 0.682. The third-order valence-corrected chi connectivity index (χ3v) is 3.41. The molecule has 0 aromatic heterocycles. The molecule has 0 spiro atoms. The molecule has 0 aliphatic carbocycles. The molecule has 5 heteroatoms. The number of benzene rings is 2. The Balaban J connectivity index is 1.88. The Labute approximate surface area is 149 Å². The third-order valence-electron chi connectivity index (χ3n) is 3.41. The van der Waals surface area contributed by atoms with E-state index in [4.69, 9.17) is 9.47 Å². The Morgan fingerprint density at radius 3 is 2.68 bits per heavy atom. The fourth-order valence-electron chi connectivity index (χ4n) is 2.22. The third kappa shape index (κ3) is 6.85. The predicted octanol–water partition coefficient (Wildman–Crippen LogP) is 4.72. The molecule has 0 saturated carbocycles. The van der Waals surface area contributed by atoms with E-state index >= 15 is 0 Å². The number of carbonyl (C=O) groups is 1. The number of nitrogens with one attached hydrogen (secondary N) is 2. The minimum atomic E-state index is -0.259. The first-order valence-corrected chi connectivity index (χ1v) is 8.54. The fraction of sp³-hybridized carbons (Fsp3) is 0.350. The molecule has 2 rings (SSSR count). The summed E-state index contributed by atoms with van der Waals surface area (Å²) in [6, 6.07) is 14.9. The molecule has 0 atom stereocenters. The van der Waals surface area contributed by atoms with Gasteiger partial charge in [-0.2, -0.15) is 0 Å². The van der Waals surface area contributed by atoms with E-state index in [1.165, 1.54) is 0 Å². The van der Waals surface area contributed by atoms with Crippen LogP contribution in [0, 0.1) is 6.92 Å². The van der Waals surface area contributed by atoms with Crippen LogP contribution in [0.4, 0.5) is 10.5 Å². The van der Waals surface area contributed by atoms with Crippen molar-refractivity contribution in [3.8, 4) is 11.5 Å². The summed E-state index contributed by atoms with van der Waals surface area (Å²) < 4.78 is 11.3. The number of para-hydroxylation sites is 2. The summed E-state index contributed by atoms with van der Waals surface area (Å²) in [5, 5.41) is 5.65. The molecule has 134 valence electrons. The molecule has 2 amide bonds. The predicted molar refractivity (Wildman–Crippen MR) is 100 cm³/mol. The van der Waals surface area contributed by atoms with Crippen molar-refractivity contribution in [2.45, 2.75) is 33.3 Å². The van der Waals surface area contributed by atoms with Gasteiger partial charge in [0.25, 0.3) is 0 Å². The summed E-state index contributed by atoms with van der Waals surface area (Å²) in [5.74, 6) is 1.34. The molecule has 0 heterocycles. The molecule has 0 aliphatic rings. The summed E-state index contributed by atoms with van der Waals surface area (Å²) in [5.41, 5.74) is 1.74. The van der Waals surface area contributed by atoms with Crippen LogP contribution in [0.25, 0.3) is 0 Å². The summed E-state index contributed by atoms with van der Waals surface area (Å²) in [6.45, 7) is 7.18. The number of aryl methyl sites for hydroxylation is 1. The standard InChI is InChI=1S/C20H26N2O3/c1-15(2)24-13-7-12-21-20(23)22-18-10-4-5-11-19(18)25-17-9-6-8-16(3)14-17/h4-6,8-11,14-15H,7,12-13H2,1-3H3,(H2,21,22,23). The average molecular weight is 342 g/mol. The van der Waals surface area contributed by atoms with Crippen LogP contribution in [0.2, 0.25) is 0 Å². The van der Waals surface area contributed by atoms with Gasteiger partial charge < -0.3 is 20.1 Å². The van der Waals surface area contributed by atoms with E-state index in [-0.39, 0.29) is 12.1 Å². The topological polar surface area (TPSA) is 59.6 Å². The van der Waals surface area contributed by atoms with E-state index in [9.17, 15) is 4.79 Å². The molecule has 0 aliphatic heterocycles. The van der Waals surface area contributed by atoms with E-state index in [2.05, 4.69) is 10.6 Å². The van der Waals surface area contributed by atoms with Crippen LogP contribution in [-0.2, 0) is 4.74 Å². The van der Waals surface area contributed by atoms with Gasteiger partial charge in [-0.05, 0) is 57.0 Å². The number of urea groups is 1. The van der Waals surface area contributed by atoms with Crippen LogP contribution in [0.1, 0.15) is 25.8 Å². The van der Waals surface area contributed by atoms with Crippen molar-refractivity contribution >= 4 is 11.7 Å². The fourth-order valence-corrected chi connectivity index (χ4v) is 2.22. The molecule has 2 N–H and O–H groups in total. The first-order chi connectivity index (χ1) is 12.0. The Hall–Kier alpha value is -2.53. The summed E-state index contributed by atoms with van der Waals surface area (Å²) in [7, 11) is 0. The lowest BCUT2D eigenvalue weighted by Gasteiger charge is -2.13. The van der Waals surface area contributed by atoms with E-state index in [1.54, 1.807) is 0 Å². The zero-order valence-corrected chi connectivity index (χ0v) is 15.0. The number of ether oxygens (including phenoxy) is 2. The highest BCUT2D eigenvalue weighted by atomic mass is 16.5. The van der Waals surface area contributed by atoms with Gasteiger partial charge in [0.05, 0.1) is 11.8 Å². The van der Waals surface area contributed by atoms with Crippen LogP contribution in [0.15, 0.2) is 48.5 Å². The van der Waals surface area contributed by atoms with Crippen LogP contribution in [-0.4, -0.2) is 25.3 Å². The van der Waals surface area contributed by atoms with Crippen LogP contribution in [0.5, 0.6) is 11.5 Å². The zero-order chi connectivity index (χ0) is 18.1. The zero-order valence-electron chi connectivity index (χ0n) is 15.0. The SMILES string of the molecule is Cc1cccc(Oc2ccccc2NC(=O)NCCCOC(C)C)c1. The maximum absolute atomic E-state index is 12.0. The molecule has 5 nitrogen and oxygen atoms in total. The molecule has 0 unspecified atom stereocenters. The van der Waals surface area contributed by atoms with Gasteiger partial charge in [-0.25, -0.2) is 4.79 Å². The highest BCUT2D eigenvalue weighted by molar-refractivity contribution is 5.90. The highest BCUT2D eigenvalue weighted by Gasteiger charge is 2.08. The Morgan fingerprint density at radius 1 is 1.12 bits per heavy atom. The van der Waals surface area contributed by atoms with Crippen molar-refractivity contribution in [2.24, 2.45) is 0 Å². The number of anilines is 1. The second-order valence-corrected chi connectivity index (χ2v) is 6.07. The second-order valence-electron chi connectivity index (χ2n) is 6.07. The maximum Gasteiger partial charge on any atom is 0.319 e. The van der Waals surface area contributed by atoms with Crippen LogP contribution >= 0.6 is 0 Å². The normalized spacial score (nSPS) is 10.6. The smallest absolute Gasteiger partial charge is 0.319 e. The second kappa shape index (κ2) is 9.69. The molecular weight excluding hydrogens is 316 g/mol.